The van der Waals surface area contributed by atoms with Crippen LogP contribution in [0.15, 0.2) is 24.3 Å². The van der Waals surface area contributed by atoms with Crippen LogP contribution in [0.4, 0.5) is 0 Å². The van der Waals surface area contributed by atoms with Crippen LogP contribution in [0.3, 0.4) is 0 Å². The minimum absolute atomic E-state index is 0.0925. The Morgan fingerprint density at radius 3 is 2.70 bits per heavy atom. The molecule has 1 aromatic rings. The van der Waals surface area contributed by atoms with Gasteiger partial charge in [0.2, 0.25) is 5.91 Å². The molecule has 0 heterocycles. The van der Waals surface area contributed by atoms with E-state index in [0.717, 1.165) is 0 Å². The number of ether oxygens (including phenoxy) is 1. The second kappa shape index (κ2) is 9.20. The smallest absolute Gasteiger partial charge is 0.303 e. The number of carboxylic acids is 1. The molecule has 0 atom stereocenters. The topological polar surface area (TPSA) is 75.6 Å². The van der Waals surface area contributed by atoms with Gasteiger partial charge < -0.3 is 15.2 Å². The molecule has 0 aliphatic carbocycles. The Morgan fingerprint density at radius 1 is 1.25 bits per heavy atom. The Balaban J connectivity index is 2.06. The third-order valence-electron chi connectivity index (χ3n) is 2.53. The highest BCUT2D eigenvalue weighted by Gasteiger charge is 2.02. The summed E-state index contributed by atoms with van der Waals surface area (Å²) in [5.41, 5.74) is 0. The van der Waals surface area contributed by atoms with Crippen LogP contribution in [0.25, 0.3) is 0 Å². The number of hydrogen-bond donors (Lipinski definition) is 2. The lowest BCUT2D eigenvalue weighted by Crippen LogP contribution is -2.27. The molecule has 0 aliphatic heterocycles. The maximum atomic E-state index is 11.4. The van der Waals surface area contributed by atoms with Crippen molar-refractivity contribution in [3.8, 4) is 5.75 Å². The number of amides is 1. The van der Waals surface area contributed by atoms with E-state index in [0.29, 0.717) is 43.2 Å². The molecule has 0 fully saturated rings. The molecule has 20 heavy (non-hydrogen) atoms. The first-order chi connectivity index (χ1) is 9.58. The molecule has 0 radical (unpaired) electrons. The third-order valence-corrected chi connectivity index (χ3v) is 2.77. The van der Waals surface area contributed by atoms with Gasteiger partial charge >= 0.3 is 5.97 Å². The fourth-order valence-electron chi connectivity index (χ4n) is 1.57. The minimum atomic E-state index is -0.833. The van der Waals surface area contributed by atoms with Gasteiger partial charge in [0.05, 0.1) is 6.54 Å². The number of benzene rings is 1. The van der Waals surface area contributed by atoms with Crippen molar-refractivity contribution in [3.63, 3.8) is 0 Å². The molecule has 1 rings (SSSR count). The quantitative estimate of drug-likeness (QED) is 0.687. The number of hydrogen-bond acceptors (Lipinski definition) is 3. The van der Waals surface area contributed by atoms with Crippen LogP contribution < -0.4 is 10.1 Å². The van der Waals surface area contributed by atoms with E-state index in [1.54, 1.807) is 24.3 Å². The van der Waals surface area contributed by atoms with Crippen molar-refractivity contribution < 1.29 is 19.4 Å². The zero-order valence-corrected chi connectivity index (χ0v) is 11.9. The van der Waals surface area contributed by atoms with E-state index in [1.165, 1.54) is 0 Å². The van der Waals surface area contributed by atoms with E-state index in [4.69, 9.17) is 21.4 Å². The maximum Gasteiger partial charge on any atom is 0.303 e. The molecule has 0 aromatic heterocycles. The van der Waals surface area contributed by atoms with Crippen molar-refractivity contribution in [2.24, 2.45) is 0 Å². The molecule has 0 saturated heterocycles. The van der Waals surface area contributed by atoms with Crippen molar-refractivity contribution in [3.05, 3.63) is 29.3 Å². The van der Waals surface area contributed by atoms with Gasteiger partial charge in [0.1, 0.15) is 12.4 Å². The molecule has 1 aromatic carbocycles. The van der Waals surface area contributed by atoms with Gasteiger partial charge in [-0.2, -0.15) is 0 Å². The van der Waals surface area contributed by atoms with Gasteiger partial charge in [0.15, 0.2) is 0 Å². The number of unbranched alkanes of at least 4 members (excludes halogenated alkanes) is 1. The van der Waals surface area contributed by atoms with E-state index in [9.17, 15) is 9.59 Å². The molecule has 0 bridgehead atoms. The number of rotatable bonds is 9. The lowest BCUT2D eigenvalue weighted by Gasteiger charge is -2.07. The average molecular weight is 300 g/mol. The summed E-state index contributed by atoms with van der Waals surface area (Å²) in [5.74, 6) is -0.265. The number of halogens is 1. The standard InChI is InChI=1S/C14H18ClNO4/c15-11-4-3-5-12(10-11)20-9-8-16-13(17)6-1-2-7-14(18)19/h3-5,10H,1-2,6-9H2,(H,16,17)(H,18,19). The zero-order valence-electron chi connectivity index (χ0n) is 11.1. The summed E-state index contributed by atoms with van der Waals surface area (Å²) in [6, 6.07) is 7.04. The normalized spacial score (nSPS) is 10.1. The number of aliphatic carboxylic acids is 1. The first-order valence-electron chi connectivity index (χ1n) is 6.45. The largest absolute Gasteiger partial charge is 0.492 e. The van der Waals surface area contributed by atoms with E-state index in [2.05, 4.69) is 5.32 Å². The van der Waals surface area contributed by atoms with Gasteiger partial charge in [0, 0.05) is 17.9 Å². The fourth-order valence-corrected chi connectivity index (χ4v) is 1.75. The van der Waals surface area contributed by atoms with Crippen LogP contribution >= 0.6 is 11.6 Å². The van der Waals surface area contributed by atoms with Crippen molar-refractivity contribution in [1.29, 1.82) is 0 Å². The highest BCUT2D eigenvalue weighted by molar-refractivity contribution is 6.30. The number of carbonyl (C=O) groups is 2. The Hall–Kier alpha value is -1.75. The van der Waals surface area contributed by atoms with E-state index in [-0.39, 0.29) is 12.3 Å². The van der Waals surface area contributed by atoms with Crippen LogP contribution in [0.1, 0.15) is 25.7 Å². The molecule has 6 heteroatoms. The molecular formula is C14H18ClNO4. The molecule has 2 N–H and O–H groups in total. The molecular weight excluding hydrogens is 282 g/mol. The van der Waals surface area contributed by atoms with Crippen LogP contribution in [-0.2, 0) is 9.59 Å². The predicted octanol–water partition coefficient (Wildman–Crippen LogP) is 2.48. The minimum Gasteiger partial charge on any atom is -0.492 e. The van der Waals surface area contributed by atoms with Crippen LogP contribution in [-0.4, -0.2) is 30.1 Å². The summed E-state index contributed by atoms with van der Waals surface area (Å²) in [7, 11) is 0. The molecule has 1 amide bonds. The highest BCUT2D eigenvalue weighted by atomic mass is 35.5. The van der Waals surface area contributed by atoms with Crippen molar-refractivity contribution in [2.75, 3.05) is 13.2 Å². The molecule has 5 nitrogen and oxygen atoms in total. The average Bonchev–Trinajstić information content (AvgIpc) is 2.40. The monoisotopic (exact) mass is 299 g/mol. The van der Waals surface area contributed by atoms with E-state index in [1.807, 2.05) is 0 Å². The number of nitrogens with one attached hydrogen (secondary N) is 1. The van der Waals surface area contributed by atoms with Gasteiger partial charge in [-0.3, -0.25) is 9.59 Å². The fraction of sp³-hybridized carbons (Fsp3) is 0.429. The summed E-state index contributed by atoms with van der Waals surface area (Å²) >= 11 is 5.81. The number of carboxylic acid groups (broad SMARTS) is 1. The number of carbonyl (C=O) groups excluding carboxylic acids is 1. The van der Waals surface area contributed by atoms with Crippen molar-refractivity contribution >= 4 is 23.5 Å². The van der Waals surface area contributed by atoms with Gasteiger partial charge in [-0.25, -0.2) is 0 Å². The SMILES string of the molecule is O=C(O)CCCCC(=O)NCCOc1cccc(Cl)c1. The molecule has 0 spiro atoms. The summed E-state index contributed by atoms with van der Waals surface area (Å²) in [4.78, 5) is 21.7. The lowest BCUT2D eigenvalue weighted by atomic mass is 10.2. The summed E-state index contributed by atoms with van der Waals surface area (Å²) < 4.78 is 5.42. The van der Waals surface area contributed by atoms with Crippen molar-refractivity contribution in [1.82, 2.24) is 5.32 Å². The second-order valence-electron chi connectivity index (χ2n) is 4.26. The van der Waals surface area contributed by atoms with Crippen LogP contribution in [0, 0.1) is 0 Å². The Bertz CT molecular complexity index is 451. The Kier molecular flexibility index (Phi) is 7.50. The molecule has 110 valence electrons. The summed E-state index contributed by atoms with van der Waals surface area (Å²) in [6.07, 6.45) is 1.53. The molecule has 0 saturated carbocycles. The third kappa shape index (κ3) is 7.63. The summed E-state index contributed by atoms with van der Waals surface area (Å²) in [6.45, 7) is 0.769. The second-order valence-corrected chi connectivity index (χ2v) is 4.69. The van der Waals surface area contributed by atoms with Crippen LogP contribution in [0.5, 0.6) is 5.75 Å². The van der Waals surface area contributed by atoms with Gasteiger partial charge in [-0.15, -0.1) is 0 Å². The van der Waals surface area contributed by atoms with E-state index < -0.39 is 5.97 Å². The first kappa shape index (κ1) is 16.3. The van der Waals surface area contributed by atoms with Gasteiger partial charge in [-0.05, 0) is 31.0 Å². The van der Waals surface area contributed by atoms with Crippen molar-refractivity contribution in [2.45, 2.75) is 25.7 Å². The van der Waals surface area contributed by atoms with Gasteiger partial charge in [0.25, 0.3) is 0 Å². The maximum absolute atomic E-state index is 11.4. The zero-order chi connectivity index (χ0) is 14.8. The Morgan fingerprint density at radius 2 is 2.00 bits per heavy atom. The first-order valence-corrected chi connectivity index (χ1v) is 6.82. The summed E-state index contributed by atoms with van der Waals surface area (Å²) in [5, 5.41) is 11.8. The predicted molar refractivity (Wildman–Crippen MR) is 76.1 cm³/mol. The molecule has 0 unspecified atom stereocenters. The van der Waals surface area contributed by atoms with E-state index >= 15 is 0 Å². The molecule has 0 aliphatic rings. The Labute approximate surface area is 122 Å². The van der Waals surface area contributed by atoms with Crippen LogP contribution in [0.2, 0.25) is 5.02 Å². The lowest BCUT2D eigenvalue weighted by molar-refractivity contribution is -0.137. The highest BCUT2D eigenvalue weighted by Crippen LogP contribution is 2.16. The van der Waals surface area contributed by atoms with Gasteiger partial charge in [-0.1, -0.05) is 17.7 Å².